The molecule has 10 heteroatoms. The SMILES string of the molecule is Cc1ncc(NC(=O)c2cnnc(C(C)(C)C#N)c2)cc1-c1cnc(N2CCOCC2)c(C#N)c1. The molecule has 1 aliphatic rings. The predicted octanol–water partition coefficient (Wildman–Crippen LogP) is 3.00. The van der Waals surface area contributed by atoms with Gasteiger partial charge >= 0.3 is 0 Å². The average Bonchev–Trinajstić information content (AvgIpc) is 2.90. The first-order chi connectivity index (χ1) is 16.8. The summed E-state index contributed by atoms with van der Waals surface area (Å²) in [6.07, 6.45) is 4.62. The first kappa shape index (κ1) is 23.7. The molecule has 1 aliphatic heterocycles. The molecule has 0 saturated carbocycles. The maximum Gasteiger partial charge on any atom is 0.257 e. The van der Waals surface area contributed by atoms with E-state index in [9.17, 15) is 15.3 Å². The minimum Gasteiger partial charge on any atom is -0.378 e. The molecule has 1 amide bonds. The number of aromatic nitrogens is 4. The maximum absolute atomic E-state index is 12.9. The summed E-state index contributed by atoms with van der Waals surface area (Å²) in [6, 6.07) is 9.54. The Morgan fingerprint density at radius 1 is 1.11 bits per heavy atom. The van der Waals surface area contributed by atoms with Crippen LogP contribution in [0.25, 0.3) is 11.1 Å². The number of aryl methyl sites for hydroxylation is 1. The number of rotatable bonds is 5. The van der Waals surface area contributed by atoms with Crippen LogP contribution in [0, 0.1) is 29.6 Å². The van der Waals surface area contributed by atoms with Crippen molar-refractivity contribution in [1.29, 1.82) is 10.5 Å². The first-order valence-electron chi connectivity index (χ1n) is 11.1. The molecular weight excluding hydrogens is 444 g/mol. The molecular formula is C25H24N8O2. The Morgan fingerprint density at radius 2 is 1.89 bits per heavy atom. The molecule has 0 radical (unpaired) electrons. The van der Waals surface area contributed by atoms with Gasteiger partial charge in [-0.2, -0.15) is 20.7 Å². The number of morpholine rings is 1. The second kappa shape index (κ2) is 9.84. The van der Waals surface area contributed by atoms with Crippen molar-refractivity contribution in [2.24, 2.45) is 0 Å². The highest BCUT2D eigenvalue weighted by Gasteiger charge is 2.24. The Bertz CT molecular complexity index is 1350. The molecule has 4 heterocycles. The molecule has 3 aromatic heterocycles. The Balaban J connectivity index is 1.60. The molecule has 0 aromatic carbocycles. The van der Waals surface area contributed by atoms with E-state index in [1.165, 1.54) is 6.20 Å². The van der Waals surface area contributed by atoms with E-state index in [0.29, 0.717) is 49.1 Å². The van der Waals surface area contributed by atoms with Crippen LogP contribution in [0.5, 0.6) is 0 Å². The normalized spacial score (nSPS) is 13.6. The van der Waals surface area contributed by atoms with Crippen molar-refractivity contribution < 1.29 is 9.53 Å². The molecule has 0 spiro atoms. The Morgan fingerprint density at radius 3 is 2.60 bits per heavy atom. The van der Waals surface area contributed by atoms with E-state index in [1.54, 1.807) is 44.4 Å². The van der Waals surface area contributed by atoms with E-state index in [-0.39, 0.29) is 5.56 Å². The number of anilines is 2. The van der Waals surface area contributed by atoms with Crippen LogP contribution >= 0.6 is 0 Å². The van der Waals surface area contributed by atoms with Crippen LogP contribution in [0.3, 0.4) is 0 Å². The van der Waals surface area contributed by atoms with E-state index < -0.39 is 11.3 Å². The molecule has 1 N–H and O–H groups in total. The zero-order valence-corrected chi connectivity index (χ0v) is 19.7. The quantitative estimate of drug-likeness (QED) is 0.598. The van der Waals surface area contributed by atoms with Crippen molar-refractivity contribution >= 4 is 17.4 Å². The standard InChI is InChI=1S/C25H24N8O2/c1-16-21(18-8-17(11-26)23(29-12-18)33-4-6-35-7-5-33)10-20(14-28-16)31-24(34)19-9-22(32-30-13-19)25(2,3)15-27/h8-10,12-14H,4-7H2,1-3H3,(H,31,34). The van der Waals surface area contributed by atoms with Gasteiger partial charge in [-0.15, -0.1) is 0 Å². The maximum atomic E-state index is 12.9. The van der Waals surface area contributed by atoms with Crippen molar-refractivity contribution in [3.63, 3.8) is 0 Å². The van der Waals surface area contributed by atoms with Gasteiger partial charge in [0.1, 0.15) is 11.9 Å². The van der Waals surface area contributed by atoms with Gasteiger partial charge in [0.15, 0.2) is 0 Å². The zero-order chi connectivity index (χ0) is 25.0. The number of pyridine rings is 2. The number of ether oxygens (including phenoxy) is 1. The fourth-order valence-electron chi connectivity index (χ4n) is 3.66. The van der Waals surface area contributed by atoms with E-state index >= 15 is 0 Å². The number of carbonyl (C=O) groups excluding carboxylic acids is 1. The van der Waals surface area contributed by atoms with Gasteiger partial charge < -0.3 is 15.0 Å². The third kappa shape index (κ3) is 5.08. The van der Waals surface area contributed by atoms with Gasteiger partial charge in [0.25, 0.3) is 5.91 Å². The minimum atomic E-state index is -0.874. The van der Waals surface area contributed by atoms with Crippen molar-refractivity contribution in [2.45, 2.75) is 26.2 Å². The summed E-state index contributed by atoms with van der Waals surface area (Å²) in [5.41, 5.74) is 2.97. The number of nitriles is 2. The van der Waals surface area contributed by atoms with E-state index in [2.05, 4.69) is 37.6 Å². The molecule has 0 bridgehead atoms. The molecule has 4 rings (SSSR count). The molecule has 1 saturated heterocycles. The smallest absolute Gasteiger partial charge is 0.257 e. The lowest BCUT2D eigenvalue weighted by Gasteiger charge is -2.28. The van der Waals surface area contributed by atoms with Crippen molar-refractivity contribution in [3.8, 4) is 23.3 Å². The van der Waals surface area contributed by atoms with Gasteiger partial charge in [0.2, 0.25) is 0 Å². The van der Waals surface area contributed by atoms with Crippen LogP contribution in [-0.2, 0) is 10.2 Å². The fraction of sp³-hybridized carbons (Fsp3) is 0.320. The summed E-state index contributed by atoms with van der Waals surface area (Å²) < 4.78 is 5.39. The topological polar surface area (TPSA) is 141 Å². The zero-order valence-electron chi connectivity index (χ0n) is 19.7. The summed E-state index contributed by atoms with van der Waals surface area (Å²) in [4.78, 5) is 23.9. The molecule has 3 aromatic rings. The third-order valence-corrected chi connectivity index (χ3v) is 5.79. The molecule has 0 unspecified atom stereocenters. The number of hydrogen-bond acceptors (Lipinski definition) is 9. The van der Waals surface area contributed by atoms with E-state index in [1.807, 2.05) is 11.8 Å². The van der Waals surface area contributed by atoms with Crippen LogP contribution < -0.4 is 10.2 Å². The van der Waals surface area contributed by atoms with Gasteiger partial charge in [-0.3, -0.25) is 9.78 Å². The van der Waals surface area contributed by atoms with Gasteiger partial charge in [0, 0.05) is 36.1 Å². The highest BCUT2D eigenvalue weighted by atomic mass is 16.5. The van der Waals surface area contributed by atoms with Crippen molar-refractivity contribution in [3.05, 3.63) is 59.3 Å². The van der Waals surface area contributed by atoms with Crippen LogP contribution in [-0.4, -0.2) is 52.4 Å². The van der Waals surface area contributed by atoms with E-state index in [4.69, 9.17) is 4.74 Å². The number of amides is 1. The predicted molar refractivity (Wildman–Crippen MR) is 129 cm³/mol. The van der Waals surface area contributed by atoms with Crippen LogP contribution in [0.15, 0.2) is 36.8 Å². The second-order valence-electron chi connectivity index (χ2n) is 8.68. The van der Waals surface area contributed by atoms with Crippen LogP contribution in [0.2, 0.25) is 0 Å². The first-order valence-corrected chi connectivity index (χ1v) is 11.1. The van der Waals surface area contributed by atoms with Crippen LogP contribution in [0.1, 0.15) is 41.2 Å². The van der Waals surface area contributed by atoms with Gasteiger partial charge in [-0.1, -0.05) is 0 Å². The monoisotopic (exact) mass is 468 g/mol. The fourth-order valence-corrected chi connectivity index (χ4v) is 3.66. The molecule has 35 heavy (non-hydrogen) atoms. The molecule has 0 atom stereocenters. The highest BCUT2D eigenvalue weighted by Crippen LogP contribution is 2.29. The van der Waals surface area contributed by atoms with Gasteiger partial charge in [-0.05, 0) is 39.0 Å². The second-order valence-corrected chi connectivity index (χ2v) is 8.68. The van der Waals surface area contributed by atoms with Crippen molar-refractivity contribution in [2.75, 3.05) is 36.5 Å². The summed E-state index contributed by atoms with van der Waals surface area (Å²) in [5, 5.41) is 29.8. The van der Waals surface area contributed by atoms with Crippen LogP contribution in [0.4, 0.5) is 11.5 Å². The van der Waals surface area contributed by atoms with Gasteiger partial charge in [0.05, 0.1) is 59.6 Å². The molecule has 176 valence electrons. The highest BCUT2D eigenvalue weighted by molar-refractivity contribution is 6.04. The lowest BCUT2D eigenvalue weighted by atomic mass is 9.90. The largest absolute Gasteiger partial charge is 0.378 e. The van der Waals surface area contributed by atoms with E-state index in [0.717, 1.165) is 16.8 Å². The summed E-state index contributed by atoms with van der Waals surface area (Å²) in [7, 11) is 0. The van der Waals surface area contributed by atoms with Crippen molar-refractivity contribution in [1.82, 2.24) is 20.2 Å². The summed E-state index contributed by atoms with van der Waals surface area (Å²) in [6.45, 7) is 7.83. The minimum absolute atomic E-state index is 0.281. The molecule has 0 aliphatic carbocycles. The Labute approximate surface area is 203 Å². The average molecular weight is 469 g/mol. The Hall–Kier alpha value is -4.41. The lowest BCUT2D eigenvalue weighted by molar-refractivity contribution is 0.102. The third-order valence-electron chi connectivity index (χ3n) is 5.79. The summed E-state index contributed by atoms with van der Waals surface area (Å²) in [5.74, 6) is 0.237. The molecule has 10 nitrogen and oxygen atoms in total. The number of nitrogens with zero attached hydrogens (tertiary/aromatic N) is 7. The van der Waals surface area contributed by atoms with Gasteiger partial charge in [-0.25, -0.2) is 4.98 Å². The number of nitrogens with one attached hydrogen (secondary N) is 1. The summed E-state index contributed by atoms with van der Waals surface area (Å²) >= 11 is 0. The lowest BCUT2D eigenvalue weighted by Crippen LogP contribution is -2.37. The molecule has 1 fully saturated rings. The number of hydrogen-bond donors (Lipinski definition) is 1. The Kier molecular flexibility index (Phi) is 6.67. The number of carbonyl (C=O) groups is 1.